The maximum Gasteiger partial charge on any atom is 0.254 e. The summed E-state index contributed by atoms with van der Waals surface area (Å²) in [7, 11) is 0. The molecule has 0 spiro atoms. The van der Waals surface area contributed by atoms with Gasteiger partial charge in [0.15, 0.2) is 0 Å². The zero-order chi connectivity index (χ0) is 14.8. The van der Waals surface area contributed by atoms with E-state index < -0.39 is 0 Å². The Hall–Kier alpha value is -1.90. The van der Waals surface area contributed by atoms with Crippen LogP contribution in [-0.4, -0.2) is 9.97 Å². The molecule has 0 unspecified atom stereocenters. The quantitative estimate of drug-likeness (QED) is 0.924. The fourth-order valence-electron chi connectivity index (χ4n) is 2.29. The first kappa shape index (κ1) is 14.5. The maximum atomic E-state index is 11.9. The number of benzene rings is 1. The van der Waals surface area contributed by atoms with Gasteiger partial charge in [-0.05, 0) is 17.4 Å². The molecule has 0 fully saturated rings. The third-order valence-corrected chi connectivity index (χ3v) is 3.47. The van der Waals surface area contributed by atoms with Crippen LogP contribution in [0.5, 0.6) is 0 Å². The topological polar surface area (TPSA) is 45.8 Å². The van der Waals surface area contributed by atoms with Gasteiger partial charge in [0.05, 0.1) is 12.0 Å². The highest BCUT2D eigenvalue weighted by atomic mass is 16.1. The highest BCUT2D eigenvalue weighted by Crippen LogP contribution is 2.26. The van der Waals surface area contributed by atoms with Crippen LogP contribution < -0.4 is 5.56 Å². The molecule has 0 atom stereocenters. The van der Waals surface area contributed by atoms with E-state index in [0.717, 1.165) is 29.7 Å². The lowest BCUT2D eigenvalue weighted by Crippen LogP contribution is -2.15. The van der Waals surface area contributed by atoms with E-state index >= 15 is 0 Å². The van der Waals surface area contributed by atoms with Crippen LogP contribution in [0.3, 0.4) is 0 Å². The van der Waals surface area contributed by atoms with Gasteiger partial charge in [-0.3, -0.25) is 4.79 Å². The van der Waals surface area contributed by atoms with Gasteiger partial charge in [-0.15, -0.1) is 0 Å². The predicted octanol–water partition coefficient (Wildman–Crippen LogP) is 3.69. The molecule has 0 aliphatic carbocycles. The number of hydrogen-bond acceptors (Lipinski definition) is 2. The van der Waals surface area contributed by atoms with Crippen molar-refractivity contribution in [3.63, 3.8) is 0 Å². The highest BCUT2D eigenvalue weighted by Gasteiger charge is 2.14. The molecule has 2 rings (SSSR count). The second-order valence-corrected chi connectivity index (χ2v) is 6.14. The minimum absolute atomic E-state index is 0.0308. The van der Waals surface area contributed by atoms with Crippen molar-refractivity contribution >= 4 is 0 Å². The van der Waals surface area contributed by atoms with E-state index in [2.05, 4.69) is 61.9 Å². The molecule has 0 aliphatic heterocycles. The van der Waals surface area contributed by atoms with E-state index in [4.69, 9.17) is 0 Å². The molecular weight excluding hydrogens is 248 g/mol. The molecule has 3 nitrogen and oxygen atoms in total. The van der Waals surface area contributed by atoms with E-state index in [1.165, 1.54) is 11.9 Å². The molecule has 1 N–H and O–H groups in total. The van der Waals surface area contributed by atoms with Gasteiger partial charge in [0.1, 0.15) is 0 Å². The first-order chi connectivity index (χ1) is 9.43. The lowest BCUT2D eigenvalue weighted by Gasteiger charge is -2.19. The predicted molar refractivity (Wildman–Crippen MR) is 83.0 cm³/mol. The summed E-state index contributed by atoms with van der Waals surface area (Å²) < 4.78 is 0. The van der Waals surface area contributed by atoms with Crippen molar-refractivity contribution < 1.29 is 0 Å². The van der Waals surface area contributed by atoms with Crippen LogP contribution in [0.15, 0.2) is 35.4 Å². The summed E-state index contributed by atoms with van der Waals surface area (Å²) in [5, 5.41) is 0. The van der Waals surface area contributed by atoms with E-state index in [9.17, 15) is 4.79 Å². The zero-order valence-corrected chi connectivity index (χ0v) is 12.7. The largest absolute Gasteiger partial charge is 0.313 e. The lowest BCUT2D eigenvalue weighted by atomic mass is 9.86. The highest BCUT2D eigenvalue weighted by molar-refractivity contribution is 5.63. The van der Waals surface area contributed by atoms with Crippen molar-refractivity contribution in [2.45, 2.75) is 46.0 Å². The summed E-state index contributed by atoms with van der Waals surface area (Å²) in [4.78, 5) is 19.0. The molecule has 0 aliphatic rings. The van der Waals surface area contributed by atoms with Crippen molar-refractivity contribution in [1.82, 2.24) is 9.97 Å². The molecule has 0 saturated carbocycles. The lowest BCUT2D eigenvalue weighted by molar-refractivity contribution is 0.590. The van der Waals surface area contributed by atoms with Crippen molar-refractivity contribution in [3.05, 3.63) is 52.1 Å². The molecule has 1 aromatic carbocycles. The second kappa shape index (κ2) is 5.61. The number of hydrogen-bond donors (Lipinski definition) is 1. The van der Waals surface area contributed by atoms with Gasteiger partial charge >= 0.3 is 0 Å². The fraction of sp³-hybridized carbons (Fsp3) is 0.412. The van der Waals surface area contributed by atoms with E-state index in [1.54, 1.807) is 0 Å². The third-order valence-electron chi connectivity index (χ3n) is 3.47. The Morgan fingerprint density at radius 2 is 1.80 bits per heavy atom. The van der Waals surface area contributed by atoms with Crippen molar-refractivity contribution in [2.24, 2.45) is 0 Å². The average Bonchev–Trinajstić information content (AvgIpc) is 2.40. The van der Waals surface area contributed by atoms with Crippen LogP contribution in [0.2, 0.25) is 0 Å². The van der Waals surface area contributed by atoms with Crippen LogP contribution in [0.1, 0.15) is 45.2 Å². The number of aromatic amines is 1. The molecule has 1 heterocycles. The van der Waals surface area contributed by atoms with Gasteiger partial charge in [0.25, 0.3) is 5.56 Å². The van der Waals surface area contributed by atoms with Gasteiger partial charge in [0, 0.05) is 11.1 Å². The number of nitrogens with zero attached hydrogens (tertiary/aromatic N) is 1. The van der Waals surface area contributed by atoms with Gasteiger partial charge in [-0.25, -0.2) is 4.98 Å². The SMILES string of the molecule is CCCc1c(-c2ccc(C(C)(C)C)cc2)nc[nH]c1=O. The minimum atomic E-state index is -0.0308. The smallest absolute Gasteiger partial charge is 0.254 e. The monoisotopic (exact) mass is 270 g/mol. The molecule has 2 aromatic rings. The third kappa shape index (κ3) is 2.98. The fourth-order valence-corrected chi connectivity index (χ4v) is 2.29. The molecule has 0 amide bonds. The summed E-state index contributed by atoms with van der Waals surface area (Å²) in [6.45, 7) is 8.64. The van der Waals surface area contributed by atoms with Gasteiger partial charge in [-0.2, -0.15) is 0 Å². The first-order valence-corrected chi connectivity index (χ1v) is 7.11. The standard InChI is InChI=1S/C17H22N2O/c1-5-6-14-15(18-11-19-16(14)20)12-7-9-13(10-8-12)17(2,3)4/h7-11H,5-6H2,1-4H3,(H,18,19,20). The molecule has 20 heavy (non-hydrogen) atoms. The molecule has 0 saturated heterocycles. The molecule has 1 aromatic heterocycles. The van der Waals surface area contributed by atoms with Crippen molar-refractivity contribution in [2.75, 3.05) is 0 Å². The Morgan fingerprint density at radius 1 is 1.15 bits per heavy atom. The minimum Gasteiger partial charge on any atom is -0.313 e. The first-order valence-electron chi connectivity index (χ1n) is 7.11. The van der Waals surface area contributed by atoms with Crippen LogP contribution in [0.25, 0.3) is 11.3 Å². The van der Waals surface area contributed by atoms with Crippen LogP contribution in [0.4, 0.5) is 0 Å². The summed E-state index contributed by atoms with van der Waals surface area (Å²) >= 11 is 0. The Labute approximate surface area is 120 Å². The summed E-state index contributed by atoms with van der Waals surface area (Å²) in [6.07, 6.45) is 3.16. The summed E-state index contributed by atoms with van der Waals surface area (Å²) in [5.74, 6) is 0. The maximum absolute atomic E-state index is 11.9. The molecule has 106 valence electrons. The molecule has 0 radical (unpaired) electrons. The van der Waals surface area contributed by atoms with E-state index in [0.29, 0.717) is 0 Å². The van der Waals surface area contributed by atoms with Crippen LogP contribution in [-0.2, 0) is 11.8 Å². The van der Waals surface area contributed by atoms with Gasteiger partial charge in [-0.1, -0.05) is 58.4 Å². The molecular formula is C17H22N2O. The van der Waals surface area contributed by atoms with Gasteiger partial charge < -0.3 is 4.98 Å². The average molecular weight is 270 g/mol. The van der Waals surface area contributed by atoms with Crippen LogP contribution in [0, 0.1) is 0 Å². The number of nitrogens with one attached hydrogen (secondary N) is 1. The molecule has 0 bridgehead atoms. The Bertz CT molecular complexity index is 633. The Morgan fingerprint density at radius 3 is 2.35 bits per heavy atom. The van der Waals surface area contributed by atoms with Crippen molar-refractivity contribution in [3.8, 4) is 11.3 Å². The number of rotatable bonds is 3. The van der Waals surface area contributed by atoms with Gasteiger partial charge in [0.2, 0.25) is 0 Å². The second-order valence-electron chi connectivity index (χ2n) is 6.14. The number of H-pyrrole nitrogens is 1. The number of aromatic nitrogens is 2. The van der Waals surface area contributed by atoms with E-state index in [1.807, 2.05) is 0 Å². The molecule has 3 heteroatoms. The van der Waals surface area contributed by atoms with E-state index in [-0.39, 0.29) is 11.0 Å². The Balaban J connectivity index is 2.47. The van der Waals surface area contributed by atoms with Crippen molar-refractivity contribution in [1.29, 1.82) is 0 Å². The summed E-state index contributed by atoms with van der Waals surface area (Å²) in [6, 6.07) is 8.35. The summed E-state index contributed by atoms with van der Waals surface area (Å²) in [5.41, 5.74) is 3.97. The van der Waals surface area contributed by atoms with Crippen LogP contribution >= 0.6 is 0 Å². The normalized spacial score (nSPS) is 11.6. The zero-order valence-electron chi connectivity index (χ0n) is 12.7. The Kier molecular flexibility index (Phi) is 4.07.